The minimum absolute atomic E-state index is 0.510. The molecule has 0 radical (unpaired) electrons. The summed E-state index contributed by atoms with van der Waals surface area (Å²) in [6.45, 7) is 0. The van der Waals surface area contributed by atoms with Gasteiger partial charge in [-0.1, -0.05) is 188 Å². The number of hydrogen-bond acceptors (Lipinski definition) is 5. The highest BCUT2D eigenvalue weighted by molar-refractivity contribution is 6.29. The summed E-state index contributed by atoms with van der Waals surface area (Å²) in [5.41, 5.74) is 15.5. The summed E-state index contributed by atoms with van der Waals surface area (Å²) in [6, 6.07) is 79.9. The second kappa shape index (κ2) is 16.3. The van der Waals surface area contributed by atoms with Gasteiger partial charge in [0.15, 0.2) is 17.5 Å². The Balaban J connectivity index is 1.14. The first-order valence-electron chi connectivity index (χ1n) is 22.8. The molecule has 9 aromatic carbocycles. The predicted octanol–water partition coefficient (Wildman–Crippen LogP) is 15.9. The third-order valence-corrected chi connectivity index (χ3v) is 12.9. The molecule has 0 N–H and O–H groups in total. The topological polar surface area (TPSA) is 69.6 Å². The molecule has 0 amide bonds. The Labute approximate surface area is 392 Å². The molecule has 318 valence electrons. The first-order chi connectivity index (χ1) is 33.7. The van der Waals surface area contributed by atoms with Gasteiger partial charge in [-0.3, -0.25) is 4.98 Å². The van der Waals surface area contributed by atoms with E-state index in [0.29, 0.717) is 17.5 Å². The van der Waals surface area contributed by atoms with Gasteiger partial charge in [-0.2, -0.15) is 0 Å². The number of benzene rings is 9. The van der Waals surface area contributed by atoms with Crippen LogP contribution in [0.15, 0.2) is 241 Å². The zero-order chi connectivity index (χ0) is 45.0. The molecule has 13 rings (SSSR count). The molecule has 0 unspecified atom stereocenters. The highest BCUT2D eigenvalue weighted by atomic mass is 16.3. The number of furan rings is 1. The minimum Gasteiger partial charge on any atom is -0.456 e. The summed E-state index contributed by atoms with van der Waals surface area (Å²) in [6.07, 6.45) is 2.02. The monoisotopic (exact) mass is 869 g/mol. The maximum absolute atomic E-state index is 6.83. The Bertz CT molecular complexity index is 3880. The lowest BCUT2D eigenvalue weighted by atomic mass is 9.87. The molecule has 0 aliphatic rings. The standard InChI is InChI=1S/C62H39N5O/c1-6-20-40(21-7-1)46-31-18-32-47(41-22-8-2-9-23-41)55(46)44-38-50(62-65-60(42-24-10-3-11-25-42)64-61(66-62)43-26-12-4-13-27-43)59(63-39-44)49-33-19-35-53-57(49)58-54(68-53)37-36-52-56(58)48-30-16-17-34-51(48)67(52)45-28-14-5-15-29-45/h1-39H. The maximum atomic E-state index is 6.83. The molecule has 0 fully saturated rings. The smallest absolute Gasteiger partial charge is 0.166 e. The average Bonchev–Trinajstić information content (AvgIpc) is 3.98. The number of rotatable bonds is 8. The van der Waals surface area contributed by atoms with E-state index in [1.54, 1.807) is 0 Å². The van der Waals surface area contributed by atoms with E-state index in [-0.39, 0.29) is 0 Å². The lowest BCUT2D eigenvalue weighted by Crippen LogP contribution is -2.02. The van der Waals surface area contributed by atoms with Crippen LogP contribution in [-0.4, -0.2) is 24.5 Å². The number of hydrogen-bond donors (Lipinski definition) is 0. The molecule has 0 spiro atoms. The van der Waals surface area contributed by atoms with E-state index in [1.165, 1.54) is 0 Å². The van der Waals surface area contributed by atoms with Crippen LogP contribution in [0.2, 0.25) is 0 Å². The van der Waals surface area contributed by atoms with Crippen LogP contribution in [0.3, 0.4) is 0 Å². The van der Waals surface area contributed by atoms with Crippen LogP contribution in [0.1, 0.15) is 0 Å². The number of aromatic nitrogens is 5. The second-order valence-corrected chi connectivity index (χ2v) is 16.9. The van der Waals surface area contributed by atoms with Crippen molar-refractivity contribution in [3.63, 3.8) is 0 Å². The summed E-state index contributed by atoms with van der Waals surface area (Å²) in [4.78, 5) is 21.4. The SMILES string of the molecule is c1ccc(-c2nc(-c3ccccc3)nc(-c3cc(-c4c(-c5ccccc5)cccc4-c4ccccc4)cnc3-c3cccc4oc5ccc6c(c7ccccc7n6-c6ccccc6)c5c34)n2)cc1. The van der Waals surface area contributed by atoms with E-state index in [0.717, 1.165) is 111 Å². The quantitative estimate of drug-likeness (QED) is 0.152. The number of pyridine rings is 1. The Morgan fingerprint density at radius 3 is 1.49 bits per heavy atom. The molecule has 4 heterocycles. The zero-order valence-corrected chi connectivity index (χ0v) is 36.7. The Morgan fingerprint density at radius 1 is 0.338 bits per heavy atom. The number of nitrogens with zero attached hydrogens (tertiary/aromatic N) is 5. The maximum Gasteiger partial charge on any atom is 0.166 e. The Morgan fingerprint density at radius 2 is 0.853 bits per heavy atom. The molecule has 0 atom stereocenters. The normalized spacial score (nSPS) is 11.5. The first-order valence-corrected chi connectivity index (χ1v) is 22.8. The molecule has 0 saturated carbocycles. The Kier molecular flexibility index (Phi) is 9.39. The summed E-state index contributed by atoms with van der Waals surface area (Å²) in [7, 11) is 0. The molecule has 6 nitrogen and oxygen atoms in total. The molecule has 68 heavy (non-hydrogen) atoms. The number of para-hydroxylation sites is 2. The second-order valence-electron chi connectivity index (χ2n) is 16.9. The molecule has 4 aromatic heterocycles. The fourth-order valence-corrected chi connectivity index (χ4v) is 9.92. The fourth-order valence-electron chi connectivity index (χ4n) is 9.92. The van der Waals surface area contributed by atoms with Crippen molar-refractivity contribution in [2.75, 3.05) is 0 Å². The molecular weight excluding hydrogens is 831 g/mol. The zero-order valence-electron chi connectivity index (χ0n) is 36.7. The Hall–Kier alpha value is -9.26. The molecule has 0 aliphatic carbocycles. The highest BCUT2D eigenvalue weighted by Crippen LogP contribution is 2.47. The van der Waals surface area contributed by atoms with Gasteiger partial charge in [-0.15, -0.1) is 0 Å². The van der Waals surface area contributed by atoms with Crippen molar-refractivity contribution >= 4 is 43.7 Å². The van der Waals surface area contributed by atoms with Crippen molar-refractivity contribution < 1.29 is 4.42 Å². The van der Waals surface area contributed by atoms with Crippen LogP contribution in [-0.2, 0) is 0 Å². The van der Waals surface area contributed by atoms with Crippen molar-refractivity contribution in [2.24, 2.45) is 0 Å². The van der Waals surface area contributed by atoms with Crippen LogP contribution in [0, 0.1) is 0 Å². The van der Waals surface area contributed by atoms with E-state index < -0.39 is 0 Å². The van der Waals surface area contributed by atoms with Crippen LogP contribution in [0.4, 0.5) is 0 Å². The van der Waals surface area contributed by atoms with E-state index in [9.17, 15) is 0 Å². The summed E-state index contributed by atoms with van der Waals surface area (Å²) in [5.74, 6) is 1.65. The van der Waals surface area contributed by atoms with Crippen LogP contribution < -0.4 is 0 Å². The van der Waals surface area contributed by atoms with Gasteiger partial charge in [-0.25, -0.2) is 15.0 Å². The minimum atomic E-state index is 0.510. The van der Waals surface area contributed by atoms with Gasteiger partial charge in [0.2, 0.25) is 0 Å². The van der Waals surface area contributed by atoms with Crippen LogP contribution >= 0.6 is 0 Å². The third-order valence-electron chi connectivity index (χ3n) is 12.9. The largest absolute Gasteiger partial charge is 0.456 e. The lowest BCUT2D eigenvalue weighted by molar-refractivity contribution is 0.669. The van der Waals surface area contributed by atoms with Crippen molar-refractivity contribution in [3.8, 4) is 84.5 Å². The van der Waals surface area contributed by atoms with Gasteiger partial charge >= 0.3 is 0 Å². The molecule has 0 bridgehead atoms. The predicted molar refractivity (Wildman–Crippen MR) is 277 cm³/mol. The summed E-state index contributed by atoms with van der Waals surface area (Å²) >= 11 is 0. The fraction of sp³-hybridized carbons (Fsp3) is 0. The van der Waals surface area contributed by atoms with E-state index in [2.05, 4.69) is 174 Å². The molecule has 13 aromatic rings. The van der Waals surface area contributed by atoms with E-state index in [1.807, 2.05) is 66.9 Å². The van der Waals surface area contributed by atoms with Gasteiger partial charge in [0.25, 0.3) is 0 Å². The van der Waals surface area contributed by atoms with Crippen molar-refractivity contribution in [1.29, 1.82) is 0 Å². The van der Waals surface area contributed by atoms with Crippen molar-refractivity contribution in [3.05, 3.63) is 237 Å². The number of fused-ring (bicyclic) bond motifs is 7. The summed E-state index contributed by atoms with van der Waals surface area (Å²) < 4.78 is 9.18. The summed E-state index contributed by atoms with van der Waals surface area (Å²) in [5, 5.41) is 4.26. The molecule has 0 saturated heterocycles. The molecular formula is C62H39N5O. The average molecular weight is 870 g/mol. The van der Waals surface area contributed by atoms with E-state index >= 15 is 0 Å². The highest BCUT2D eigenvalue weighted by Gasteiger charge is 2.25. The van der Waals surface area contributed by atoms with Crippen LogP contribution in [0.25, 0.3) is 128 Å². The molecule has 6 heteroatoms. The van der Waals surface area contributed by atoms with Crippen molar-refractivity contribution in [1.82, 2.24) is 24.5 Å². The molecule has 0 aliphatic heterocycles. The van der Waals surface area contributed by atoms with Gasteiger partial charge in [0.1, 0.15) is 11.2 Å². The van der Waals surface area contributed by atoms with Gasteiger partial charge in [0, 0.05) is 61.2 Å². The van der Waals surface area contributed by atoms with Crippen molar-refractivity contribution in [2.45, 2.75) is 0 Å². The van der Waals surface area contributed by atoms with Gasteiger partial charge in [0.05, 0.1) is 16.7 Å². The lowest BCUT2D eigenvalue weighted by Gasteiger charge is -2.18. The van der Waals surface area contributed by atoms with Crippen LogP contribution in [0.5, 0.6) is 0 Å². The first kappa shape index (κ1) is 39.1. The van der Waals surface area contributed by atoms with Gasteiger partial charge < -0.3 is 8.98 Å². The third kappa shape index (κ3) is 6.58. The van der Waals surface area contributed by atoms with Gasteiger partial charge in [-0.05, 0) is 70.3 Å². The van der Waals surface area contributed by atoms with E-state index in [4.69, 9.17) is 24.4 Å².